The lowest BCUT2D eigenvalue weighted by Crippen LogP contribution is -2.47. The molecule has 7 heteroatoms. The summed E-state index contributed by atoms with van der Waals surface area (Å²) < 4.78 is 18.2. The van der Waals surface area contributed by atoms with Crippen LogP contribution in [0.5, 0.6) is 5.75 Å². The second-order valence-corrected chi connectivity index (χ2v) is 7.27. The molecule has 2 aromatic carbocycles. The average Bonchev–Trinajstić information content (AvgIpc) is 2.72. The molecule has 0 spiro atoms. The lowest BCUT2D eigenvalue weighted by Gasteiger charge is -2.28. The molecular formula is C21H25FN2O3S. The number of hydrogen-bond donors (Lipinski definition) is 1. The van der Waals surface area contributed by atoms with Gasteiger partial charge in [-0.3, -0.25) is 9.59 Å². The minimum Gasteiger partial charge on any atom is -0.497 e. The molecule has 150 valence electrons. The lowest BCUT2D eigenvalue weighted by molar-refractivity contribution is -0.138. The molecule has 0 aliphatic rings. The molecule has 2 aromatic rings. The van der Waals surface area contributed by atoms with Crippen LogP contribution in [0.2, 0.25) is 0 Å². The van der Waals surface area contributed by atoms with E-state index in [0.29, 0.717) is 18.0 Å². The van der Waals surface area contributed by atoms with Gasteiger partial charge in [0.2, 0.25) is 11.8 Å². The molecule has 28 heavy (non-hydrogen) atoms. The number of thioether (sulfide) groups is 1. The standard InChI is InChI=1S/C21H25FN2O3S/c1-15(21(26)23-2)24(12-17-5-4-6-19(11-17)27-3)20(25)14-28-13-16-7-9-18(22)10-8-16/h4-11,15H,12-14H2,1-3H3,(H,23,26)/t15-/m1/s1. The molecule has 1 N–H and O–H groups in total. The maximum atomic E-state index is 13.0. The third-order valence-corrected chi connectivity index (χ3v) is 5.30. The predicted octanol–water partition coefficient (Wildman–Crippen LogP) is 3.23. The number of nitrogens with one attached hydrogen (secondary N) is 1. The number of carbonyl (C=O) groups excluding carboxylic acids is 2. The van der Waals surface area contributed by atoms with Gasteiger partial charge in [0.1, 0.15) is 17.6 Å². The topological polar surface area (TPSA) is 58.6 Å². The van der Waals surface area contributed by atoms with Crippen molar-refractivity contribution in [2.24, 2.45) is 0 Å². The Hall–Kier alpha value is -2.54. The minimum atomic E-state index is -0.602. The molecular weight excluding hydrogens is 379 g/mol. The number of hydrogen-bond acceptors (Lipinski definition) is 4. The van der Waals surface area contributed by atoms with Crippen molar-refractivity contribution in [1.29, 1.82) is 0 Å². The first-order valence-electron chi connectivity index (χ1n) is 8.90. The van der Waals surface area contributed by atoms with Crippen LogP contribution in [0.3, 0.4) is 0 Å². The molecule has 1 atom stereocenters. The summed E-state index contributed by atoms with van der Waals surface area (Å²) in [5.41, 5.74) is 1.82. The lowest BCUT2D eigenvalue weighted by atomic mass is 10.1. The number of nitrogens with zero attached hydrogens (tertiary/aromatic N) is 1. The van der Waals surface area contributed by atoms with E-state index >= 15 is 0 Å². The summed E-state index contributed by atoms with van der Waals surface area (Å²) in [6.45, 7) is 2.02. The van der Waals surface area contributed by atoms with Crippen LogP contribution in [0, 0.1) is 5.82 Å². The molecule has 0 aromatic heterocycles. The van der Waals surface area contributed by atoms with E-state index in [0.717, 1.165) is 11.1 Å². The molecule has 0 unspecified atom stereocenters. The van der Waals surface area contributed by atoms with E-state index in [1.165, 1.54) is 23.9 Å². The Morgan fingerprint density at radius 2 is 1.89 bits per heavy atom. The van der Waals surface area contributed by atoms with E-state index in [1.54, 1.807) is 38.1 Å². The Labute approximate surface area is 169 Å². The first-order chi connectivity index (χ1) is 13.4. The van der Waals surface area contributed by atoms with Gasteiger partial charge in [-0.15, -0.1) is 11.8 Å². The van der Waals surface area contributed by atoms with Crippen molar-refractivity contribution in [1.82, 2.24) is 10.2 Å². The van der Waals surface area contributed by atoms with Crippen LogP contribution in [-0.2, 0) is 21.9 Å². The highest BCUT2D eigenvalue weighted by atomic mass is 32.2. The molecule has 0 aliphatic heterocycles. The Balaban J connectivity index is 2.05. The van der Waals surface area contributed by atoms with Crippen molar-refractivity contribution in [3.05, 3.63) is 65.5 Å². The first kappa shape index (κ1) is 21.8. The Morgan fingerprint density at radius 1 is 1.18 bits per heavy atom. The van der Waals surface area contributed by atoms with E-state index in [2.05, 4.69) is 5.32 Å². The number of carbonyl (C=O) groups is 2. The van der Waals surface area contributed by atoms with E-state index in [1.807, 2.05) is 24.3 Å². The summed E-state index contributed by atoms with van der Waals surface area (Å²) >= 11 is 1.43. The number of methoxy groups -OCH3 is 1. The van der Waals surface area contributed by atoms with Gasteiger partial charge in [-0.1, -0.05) is 24.3 Å². The van der Waals surface area contributed by atoms with Gasteiger partial charge in [-0.2, -0.15) is 0 Å². The monoisotopic (exact) mass is 404 g/mol. The fourth-order valence-electron chi connectivity index (χ4n) is 2.68. The van der Waals surface area contributed by atoms with E-state index in [-0.39, 0.29) is 23.4 Å². The van der Waals surface area contributed by atoms with Gasteiger partial charge in [-0.05, 0) is 42.3 Å². The number of ether oxygens (including phenoxy) is 1. The average molecular weight is 405 g/mol. The zero-order chi connectivity index (χ0) is 20.5. The maximum Gasteiger partial charge on any atom is 0.242 e. The normalized spacial score (nSPS) is 11.6. The van der Waals surface area contributed by atoms with E-state index in [9.17, 15) is 14.0 Å². The Morgan fingerprint density at radius 3 is 2.54 bits per heavy atom. The second kappa shape index (κ2) is 10.7. The van der Waals surface area contributed by atoms with Gasteiger partial charge in [0.05, 0.1) is 12.9 Å². The third kappa shape index (κ3) is 6.27. The highest BCUT2D eigenvalue weighted by Crippen LogP contribution is 2.18. The largest absolute Gasteiger partial charge is 0.497 e. The molecule has 2 rings (SSSR count). The van der Waals surface area contributed by atoms with Crippen LogP contribution in [-0.4, -0.2) is 42.7 Å². The molecule has 0 radical (unpaired) electrons. The number of rotatable bonds is 9. The SMILES string of the molecule is CNC(=O)[C@@H](C)N(Cc1cccc(OC)c1)C(=O)CSCc1ccc(F)cc1. The second-order valence-electron chi connectivity index (χ2n) is 6.28. The molecule has 0 fully saturated rings. The predicted molar refractivity (Wildman–Crippen MR) is 110 cm³/mol. The van der Waals surface area contributed by atoms with E-state index < -0.39 is 6.04 Å². The number of likely N-dealkylation sites (N-methyl/N-ethyl adjacent to an activating group) is 1. The van der Waals surface area contributed by atoms with Crippen LogP contribution < -0.4 is 10.1 Å². The number of halogens is 1. The minimum absolute atomic E-state index is 0.133. The summed E-state index contributed by atoms with van der Waals surface area (Å²) in [4.78, 5) is 26.5. The fourth-order valence-corrected chi connectivity index (χ4v) is 3.55. The zero-order valence-electron chi connectivity index (χ0n) is 16.3. The van der Waals surface area contributed by atoms with Gasteiger partial charge >= 0.3 is 0 Å². The van der Waals surface area contributed by atoms with Crippen LogP contribution in [0.4, 0.5) is 4.39 Å². The molecule has 0 saturated heterocycles. The van der Waals surface area contributed by atoms with Crippen molar-refractivity contribution < 1.29 is 18.7 Å². The van der Waals surface area contributed by atoms with Crippen molar-refractivity contribution in [3.8, 4) is 5.75 Å². The number of amides is 2. The smallest absolute Gasteiger partial charge is 0.242 e. The molecule has 0 heterocycles. The summed E-state index contributed by atoms with van der Waals surface area (Å²) in [7, 11) is 3.14. The molecule has 0 aliphatic carbocycles. The number of benzene rings is 2. The van der Waals surface area contributed by atoms with Gasteiger partial charge in [0, 0.05) is 19.3 Å². The summed E-state index contributed by atoms with van der Waals surface area (Å²) in [6.07, 6.45) is 0. The quantitative estimate of drug-likeness (QED) is 0.697. The first-order valence-corrected chi connectivity index (χ1v) is 10.1. The Bertz CT molecular complexity index is 798. The molecule has 2 amide bonds. The van der Waals surface area contributed by atoms with Gasteiger partial charge in [0.15, 0.2) is 0 Å². The molecule has 5 nitrogen and oxygen atoms in total. The van der Waals surface area contributed by atoms with Crippen LogP contribution in [0.1, 0.15) is 18.1 Å². The van der Waals surface area contributed by atoms with Crippen molar-refractivity contribution in [3.63, 3.8) is 0 Å². The summed E-state index contributed by atoms with van der Waals surface area (Å²) in [5, 5.41) is 2.60. The fraction of sp³-hybridized carbons (Fsp3) is 0.333. The van der Waals surface area contributed by atoms with Crippen molar-refractivity contribution in [2.45, 2.75) is 25.3 Å². The van der Waals surface area contributed by atoms with Crippen LogP contribution in [0.15, 0.2) is 48.5 Å². The highest BCUT2D eigenvalue weighted by Gasteiger charge is 2.25. The Kier molecular flexibility index (Phi) is 8.32. The van der Waals surface area contributed by atoms with Crippen molar-refractivity contribution >= 4 is 23.6 Å². The van der Waals surface area contributed by atoms with Gasteiger partial charge in [-0.25, -0.2) is 4.39 Å². The van der Waals surface area contributed by atoms with Gasteiger partial charge < -0.3 is 15.0 Å². The molecule has 0 bridgehead atoms. The zero-order valence-corrected chi connectivity index (χ0v) is 17.1. The highest BCUT2D eigenvalue weighted by molar-refractivity contribution is 7.99. The maximum absolute atomic E-state index is 13.0. The molecule has 0 saturated carbocycles. The van der Waals surface area contributed by atoms with Crippen LogP contribution in [0.25, 0.3) is 0 Å². The van der Waals surface area contributed by atoms with Crippen molar-refractivity contribution in [2.75, 3.05) is 19.9 Å². The third-order valence-electron chi connectivity index (χ3n) is 4.31. The van der Waals surface area contributed by atoms with Crippen LogP contribution >= 0.6 is 11.8 Å². The van der Waals surface area contributed by atoms with E-state index in [4.69, 9.17) is 4.74 Å². The van der Waals surface area contributed by atoms with Gasteiger partial charge in [0.25, 0.3) is 0 Å². The summed E-state index contributed by atoms with van der Waals surface area (Å²) in [6, 6.07) is 13.0. The summed E-state index contributed by atoms with van der Waals surface area (Å²) in [5.74, 6) is 0.874.